The molecule has 0 radical (unpaired) electrons. The Kier molecular flexibility index (Phi) is 9.11. The number of rotatable bonds is 5. The third-order valence-electron chi connectivity index (χ3n) is 8.00. The Bertz CT molecular complexity index is 1430. The van der Waals surface area contributed by atoms with Crippen molar-refractivity contribution in [2.24, 2.45) is 0 Å². The van der Waals surface area contributed by atoms with E-state index < -0.39 is 24.5 Å². The zero-order valence-electron chi connectivity index (χ0n) is 23.0. The maximum atomic E-state index is 14.0. The van der Waals surface area contributed by atoms with Crippen LogP contribution in [-0.4, -0.2) is 61.8 Å². The van der Waals surface area contributed by atoms with Gasteiger partial charge >= 0.3 is 70.4 Å². The molecular weight excluding hydrogens is 547 g/mol. The fourth-order valence-electron chi connectivity index (χ4n) is 6.31. The van der Waals surface area contributed by atoms with Crippen molar-refractivity contribution in [1.82, 2.24) is 4.90 Å². The summed E-state index contributed by atoms with van der Waals surface area (Å²) in [5.41, 5.74) is 3.66. The van der Waals surface area contributed by atoms with Crippen LogP contribution in [0.25, 0.3) is 11.1 Å². The van der Waals surface area contributed by atoms with Crippen molar-refractivity contribution in [3.8, 4) is 11.1 Å². The van der Waals surface area contributed by atoms with Gasteiger partial charge in [-0.15, -0.1) is 0 Å². The normalized spacial score (nSPS) is 14.8. The summed E-state index contributed by atoms with van der Waals surface area (Å²) in [5, 5.41) is 9.69. The van der Waals surface area contributed by atoms with Gasteiger partial charge in [0, 0.05) is 37.8 Å². The van der Waals surface area contributed by atoms with Gasteiger partial charge < -0.3 is 32.6 Å². The summed E-state index contributed by atoms with van der Waals surface area (Å²) in [7, 11) is 0. The van der Waals surface area contributed by atoms with Gasteiger partial charge in [0.2, 0.25) is 0 Å². The predicted octanol–water partition coefficient (Wildman–Crippen LogP) is 2.44. The Morgan fingerprint density at radius 2 is 1.40 bits per heavy atom. The van der Waals surface area contributed by atoms with E-state index in [4.69, 9.17) is 4.74 Å². The maximum Gasteiger partial charge on any atom is 1.00 e. The van der Waals surface area contributed by atoms with E-state index in [1.807, 2.05) is 36.4 Å². The van der Waals surface area contributed by atoms with Crippen LogP contribution in [0.1, 0.15) is 44.1 Å². The molecule has 3 aromatic rings. The number of anilines is 1. The van der Waals surface area contributed by atoms with E-state index in [0.29, 0.717) is 5.56 Å². The third-order valence-corrected chi connectivity index (χ3v) is 8.00. The Hall–Kier alpha value is -2.31. The largest absolute Gasteiger partial charge is 1.00 e. The molecule has 6 nitrogen and oxygen atoms in total. The summed E-state index contributed by atoms with van der Waals surface area (Å²) < 4.78 is 47.7. The second-order valence-electron chi connectivity index (χ2n) is 10.2. The number of nitrogens with zero attached hydrogens (tertiary/aromatic N) is 2. The van der Waals surface area contributed by atoms with Crippen molar-refractivity contribution in [1.29, 1.82) is 0 Å². The van der Waals surface area contributed by atoms with Gasteiger partial charge in [-0.05, 0) is 48.6 Å². The zero-order valence-corrected chi connectivity index (χ0v) is 26.1. The number of aromatic carboxylic acids is 1. The van der Waals surface area contributed by atoms with E-state index >= 15 is 0 Å². The number of amides is 1. The molecule has 0 bridgehead atoms. The van der Waals surface area contributed by atoms with Crippen molar-refractivity contribution >= 4 is 30.2 Å². The quantitative estimate of drug-likeness (QED) is 0.473. The molecule has 3 aromatic carbocycles. The molecule has 40 heavy (non-hydrogen) atoms. The van der Waals surface area contributed by atoms with Gasteiger partial charge in [0.05, 0.1) is 5.56 Å². The second-order valence-corrected chi connectivity index (χ2v) is 10.2. The van der Waals surface area contributed by atoms with Gasteiger partial charge in [-0.25, -0.2) is 9.59 Å². The van der Waals surface area contributed by atoms with E-state index in [-0.39, 0.29) is 112 Å². The average molecular weight is 576 g/mol. The topological polar surface area (TPSA) is 70.1 Å². The van der Waals surface area contributed by atoms with Gasteiger partial charge in [-0.2, -0.15) is 0 Å². The van der Waals surface area contributed by atoms with Gasteiger partial charge in [-0.1, -0.05) is 65.1 Å². The van der Waals surface area contributed by atoms with Crippen molar-refractivity contribution in [2.75, 3.05) is 37.7 Å². The second kappa shape index (κ2) is 11.9. The zero-order chi connectivity index (χ0) is 28.1. The van der Waals surface area contributed by atoms with Crippen LogP contribution < -0.4 is 61.7 Å². The number of hydrogen-bond acceptors (Lipinski definition) is 4. The number of carboxylic acid groups (broad SMARTS) is 1. The molecule has 1 fully saturated rings. The Morgan fingerprint density at radius 1 is 0.875 bits per heavy atom. The van der Waals surface area contributed by atoms with Crippen LogP contribution in [0.2, 0.25) is 0 Å². The Balaban J connectivity index is 0.00000370. The third kappa shape index (κ3) is 5.46. The summed E-state index contributed by atoms with van der Waals surface area (Å²) in [5.74, 6) is -1.46. The van der Waals surface area contributed by atoms with Crippen molar-refractivity contribution in [3.63, 3.8) is 0 Å². The Labute approximate surface area is 274 Å². The standard InChI is InChI=1S/C29H29BF3N2O4.K/c1-17-25(28(36)37)18(2)27(19(3)26(17)30(31,32)33)34-12-14-35(15-13-34)29(38)39-16-24-22-10-6-4-8-20(22)21-9-5-7-11-23(21)24;/h4-11,24H,12-16H2,1-3H3,(H,36,37);/q-1;+1. The molecule has 0 spiro atoms. The first kappa shape index (κ1) is 30.6. The smallest absolute Gasteiger partial charge is 0.478 e. The van der Waals surface area contributed by atoms with E-state index in [1.165, 1.54) is 13.8 Å². The molecule has 0 saturated carbocycles. The SMILES string of the molecule is Cc1c(C(=O)O)c(C)c([B-](F)(F)F)c(C)c1N1CCN(C(=O)OCC2c3ccccc3-c3ccccc32)CC1.[K+]. The molecule has 0 aromatic heterocycles. The molecule has 1 N–H and O–H groups in total. The van der Waals surface area contributed by atoms with E-state index in [0.717, 1.165) is 22.3 Å². The van der Waals surface area contributed by atoms with Crippen LogP contribution in [0.5, 0.6) is 0 Å². The molecule has 5 rings (SSSR count). The molecule has 1 saturated heterocycles. The summed E-state index contributed by atoms with van der Waals surface area (Å²) in [4.78, 5) is 28.2. The first-order valence-corrected chi connectivity index (χ1v) is 12.9. The molecule has 1 aliphatic carbocycles. The fourth-order valence-corrected chi connectivity index (χ4v) is 6.31. The maximum absolute atomic E-state index is 14.0. The molecule has 0 atom stereocenters. The minimum absolute atomic E-state index is 0. The van der Waals surface area contributed by atoms with Gasteiger partial charge in [-0.3, -0.25) is 0 Å². The molecular formula is C29H29BF3KN2O4. The molecule has 2 aliphatic rings. The fraction of sp³-hybridized carbons (Fsp3) is 0.310. The molecule has 204 valence electrons. The summed E-state index contributed by atoms with van der Waals surface area (Å²) in [6.45, 7) is -0.0569. The molecule has 1 aliphatic heterocycles. The number of piperazine rings is 1. The molecule has 11 heteroatoms. The first-order valence-electron chi connectivity index (χ1n) is 12.9. The summed E-state index contributed by atoms with van der Waals surface area (Å²) >= 11 is 0. The van der Waals surface area contributed by atoms with Crippen LogP contribution in [0.15, 0.2) is 48.5 Å². The van der Waals surface area contributed by atoms with E-state index in [9.17, 15) is 27.6 Å². The van der Waals surface area contributed by atoms with Gasteiger partial charge in [0.15, 0.2) is 0 Å². The van der Waals surface area contributed by atoms with Crippen LogP contribution in [0.4, 0.5) is 23.4 Å². The predicted molar refractivity (Wildman–Crippen MR) is 145 cm³/mol. The number of ether oxygens (including phenoxy) is 1. The molecule has 0 unspecified atom stereocenters. The number of halogens is 3. The number of fused-ring (bicyclic) bond motifs is 3. The average Bonchev–Trinajstić information content (AvgIpc) is 3.20. The van der Waals surface area contributed by atoms with Crippen LogP contribution in [0, 0.1) is 20.8 Å². The first-order chi connectivity index (χ1) is 18.5. The van der Waals surface area contributed by atoms with Crippen molar-refractivity contribution in [2.45, 2.75) is 26.7 Å². The van der Waals surface area contributed by atoms with Crippen LogP contribution in [0.3, 0.4) is 0 Å². The molecule has 1 amide bonds. The number of carbonyl (C=O) groups is 2. The molecule has 1 heterocycles. The minimum atomic E-state index is -5.41. The minimum Gasteiger partial charge on any atom is -0.478 e. The number of carbonyl (C=O) groups excluding carboxylic acids is 1. The number of carboxylic acids is 1. The van der Waals surface area contributed by atoms with Gasteiger partial charge in [0.25, 0.3) is 0 Å². The van der Waals surface area contributed by atoms with E-state index in [1.54, 1.807) is 16.7 Å². The summed E-state index contributed by atoms with van der Waals surface area (Å²) in [6, 6.07) is 16.1. The van der Waals surface area contributed by atoms with Gasteiger partial charge in [0.1, 0.15) is 6.61 Å². The van der Waals surface area contributed by atoms with Crippen LogP contribution in [-0.2, 0) is 4.74 Å². The van der Waals surface area contributed by atoms with Crippen molar-refractivity contribution < 1.29 is 83.8 Å². The number of hydrogen-bond donors (Lipinski definition) is 1. The Morgan fingerprint density at radius 3 is 1.90 bits per heavy atom. The van der Waals surface area contributed by atoms with E-state index in [2.05, 4.69) is 12.1 Å². The summed E-state index contributed by atoms with van der Waals surface area (Å²) in [6.07, 6.45) is -0.473. The number of benzene rings is 3. The van der Waals surface area contributed by atoms with Crippen LogP contribution >= 0.6 is 0 Å². The monoisotopic (exact) mass is 576 g/mol. The van der Waals surface area contributed by atoms with Crippen molar-refractivity contribution in [3.05, 3.63) is 81.9 Å².